The number of hydrogen-bond donors (Lipinski definition) is 3. The van der Waals surface area contributed by atoms with Crippen LogP contribution in [0.1, 0.15) is 5.56 Å². The van der Waals surface area contributed by atoms with E-state index in [0.717, 1.165) is 0 Å². The number of ether oxygens (including phenoxy) is 1. The van der Waals surface area contributed by atoms with Crippen molar-refractivity contribution in [3.05, 3.63) is 54.4 Å². The van der Waals surface area contributed by atoms with Gasteiger partial charge >= 0.3 is 12.6 Å². The number of pyridine rings is 1. The van der Waals surface area contributed by atoms with Crippen molar-refractivity contribution in [1.29, 1.82) is 5.26 Å². The molecule has 0 saturated heterocycles. The van der Waals surface area contributed by atoms with E-state index >= 15 is 0 Å². The molecule has 2 rings (SSSR count). The van der Waals surface area contributed by atoms with Crippen LogP contribution in [0.3, 0.4) is 0 Å². The van der Waals surface area contributed by atoms with Gasteiger partial charge < -0.3 is 20.7 Å². The summed E-state index contributed by atoms with van der Waals surface area (Å²) in [4.78, 5) is 28.4. The number of halogens is 2. The summed E-state index contributed by atoms with van der Waals surface area (Å²) >= 11 is 0. The quantitative estimate of drug-likeness (QED) is 0.447. The molecule has 1 aromatic carbocycles. The lowest BCUT2D eigenvalue weighted by molar-refractivity contribution is -0.122. The molecular weight excluding hydrogens is 448 g/mol. The number of amides is 3. The summed E-state index contributed by atoms with van der Waals surface area (Å²) in [6, 6.07) is 7.62. The van der Waals surface area contributed by atoms with E-state index in [1.807, 2.05) is 0 Å². The molecular formula is C19H19F2N5O5S. The van der Waals surface area contributed by atoms with Gasteiger partial charge in [-0.3, -0.25) is 9.78 Å². The molecule has 2 aromatic rings. The minimum atomic E-state index is -4.10. The summed E-state index contributed by atoms with van der Waals surface area (Å²) in [6.07, 6.45) is 2.81. The van der Waals surface area contributed by atoms with Crippen LogP contribution < -0.4 is 20.7 Å². The second-order valence-corrected chi connectivity index (χ2v) is 8.42. The van der Waals surface area contributed by atoms with E-state index < -0.39 is 52.5 Å². The lowest BCUT2D eigenvalue weighted by Crippen LogP contribution is -2.51. The molecule has 32 heavy (non-hydrogen) atoms. The molecule has 0 fully saturated rings. The predicted molar refractivity (Wildman–Crippen MR) is 109 cm³/mol. The predicted octanol–water partition coefficient (Wildman–Crippen LogP) is 1.43. The third kappa shape index (κ3) is 8.15. The van der Waals surface area contributed by atoms with Crippen LogP contribution in [0, 0.1) is 11.3 Å². The summed E-state index contributed by atoms with van der Waals surface area (Å²) < 4.78 is 54.9. The first kappa shape index (κ1) is 24.5. The maximum atomic E-state index is 12.7. The number of urea groups is 1. The average Bonchev–Trinajstić information content (AvgIpc) is 2.73. The number of anilines is 1. The Morgan fingerprint density at radius 1 is 1.19 bits per heavy atom. The van der Waals surface area contributed by atoms with Gasteiger partial charge in [0, 0.05) is 11.8 Å². The lowest BCUT2D eigenvalue weighted by Gasteiger charge is -2.19. The van der Waals surface area contributed by atoms with Crippen LogP contribution in [-0.2, 0) is 20.4 Å². The van der Waals surface area contributed by atoms with Gasteiger partial charge in [-0.2, -0.15) is 14.0 Å². The van der Waals surface area contributed by atoms with Gasteiger partial charge in [0.15, 0.2) is 9.84 Å². The van der Waals surface area contributed by atoms with Gasteiger partial charge in [0.2, 0.25) is 5.91 Å². The summed E-state index contributed by atoms with van der Waals surface area (Å²) in [5.74, 6) is -2.80. The highest BCUT2D eigenvalue weighted by atomic mass is 32.2. The van der Waals surface area contributed by atoms with E-state index in [9.17, 15) is 26.8 Å². The monoisotopic (exact) mass is 467 g/mol. The second-order valence-electron chi connectivity index (χ2n) is 6.31. The van der Waals surface area contributed by atoms with Crippen LogP contribution in [0.2, 0.25) is 0 Å². The topological polar surface area (TPSA) is 150 Å². The molecule has 0 unspecified atom stereocenters. The third-order valence-corrected chi connectivity index (χ3v) is 5.46. The number of para-hydroxylation sites is 1. The van der Waals surface area contributed by atoms with Crippen molar-refractivity contribution >= 4 is 27.5 Å². The van der Waals surface area contributed by atoms with Crippen LogP contribution in [0.15, 0.2) is 48.8 Å². The summed E-state index contributed by atoms with van der Waals surface area (Å²) in [5, 5.41) is 15.4. The molecule has 0 radical (unpaired) electrons. The first-order valence-corrected chi connectivity index (χ1v) is 10.9. The number of aromatic nitrogens is 1. The van der Waals surface area contributed by atoms with Crippen LogP contribution >= 0.6 is 0 Å². The first-order valence-electron chi connectivity index (χ1n) is 9.05. The molecule has 10 nitrogen and oxygen atoms in total. The first-order chi connectivity index (χ1) is 15.2. The molecule has 1 aromatic heterocycles. The van der Waals surface area contributed by atoms with E-state index in [-0.39, 0.29) is 11.3 Å². The molecule has 3 amide bonds. The standard InChI is InChI=1S/C19H19F2N5O5S/c20-18(21)31-16-6-2-1-4-13(16)11-32(29,30)12-15(17(27)24-9-7-22)26-19(28)25-14-5-3-8-23-10-14/h1-6,8,10,15,18H,9,11-12H2,(H,24,27)(H2,25,26,28)/t15-/m0/s1. The molecule has 0 saturated carbocycles. The molecule has 13 heteroatoms. The van der Waals surface area contributed by atoms with Gasteiger partial charge in [0.05, 0.1) is 29.5 Å². The highest BCUT2D eigenvalue weighted by Gasteiger charge is 2.28. The van der Waals surface area contributed by atoms with Gasteiger partial charge in [-0.1, -0.05) is 18.2 Å². The van der Waals surface area contributed by atoms with Crippen LogP contribution in [0.5, 0.6) is 5.75 Å². The van der Waals surface area contributed by atoms with Crippen molar-refractivity contribution in [3.63, 3.8) is 0 Å². The molecule has 170 valence electrons. The zero-order valence-electron chi connectivity index (χ0n) is 16.5. The zero-order chi connectivity index (χ0) is 23.6. The Labute approximate surface area is 182 Å². The Kier molecular flexibility index (Phi) is 8.84. The van der Waals surface area contributed by atoms with Crippen molar-refractivity contribution < 1.29 is 31.5 Å². The fourth-order valence-electron chi connectivity index (χ4n) is 2.58. The lowest BCUT2D eigenvalue weighted by atomic mass is 10.2. The minimum absolute atomic E-state index is 0.0382. The Bertz CT molecular complexity index is 1080. The van der Waals surface area contributed by atoms with Crippen LogP contribution in [0.4, 0.5) is 19.3 Å². The average molecular weight is 467 g/mol. The highest BCUT2D eigenvalue weighted by Crippen LogP contribution is 2.23. The minimum Gasteiger partial charge on any atom is -0.435 e. The summed E-state index contributed by atoms with van der Waals surface area (Å²) in [6.45, 7) is -3.56. The number of benzene rings is 1. The Hall–Kier alpha value is -3.79. The van der Waals surface area contributed by atoms with Gasteiger partial charge in [0.1, 0.15) is 18.3 Å². The number of nitrogens with zero attached hydrogens (tertiary/aromatic N) is 2. The molecule has 0 aliphatic carbocycles. The maximum absolute atomic E-state index is 12.7. The van der Waals surface area contributed by atoms with Crippen molar-refractivity contribution in [2.75, 3.05) is 17.6 Å². The van der Waals surface area contributed by atoms with E-state index in [1.54, 1.807) is 12.1 Å². The Balaban J connectivity index is 2.16. The smallest absolute Gasteiger partial charge is 0.387 e. The molecule has 1 heterocycles. The number of rotatable bonds is 10. The van der Waals surface area contributed by atoms with Crippen molar-refractivity contribution in [3.8, 4) is 11.8 Å². The number of hydrogen-bond acceptors (Lipinski definition) is 7. The number of alkyl halides is 2. The zero-order valence-corrected chi connectivity index (χ0v) is 17.3. The summed E-state index contributed by atoms with van der Waals surface area (Å²) in [5.41, 5.74) is 0.255. The third-order valence-electron chi connectivity index (χ3n) is 3.87. The normalized spacial score (nSPS) is 11.8. The largest absolute Gasteiger partial charge is 0.435 e. The molecule has 0 aliphatic rings. The Morgan fingerprint density at radius 2 is 1.94 bits per heavy atom. The number of carbonyl (C=O) groups excluding carboxylic acids is 2. The number of carbonyl (C=O) groups is 2. The fourth-order valence-corrected chi connectivity index (χ4v) is 4.15. The van der Waals surface area contributed by atoms with E-state index in [4.69, 9.17) is 5.26 Å². The number of nitriles is 1. The van der Waals surface area contributed by atoms with Gasteiger partial charge in [0.25, 0.3) is 0 Å². The van der Waals surface area contributed by atoms with Gasteiger partial charge in [-0.25, -0.2) is 13.2 Å². The molecule has 0 spiro atoms. The van der Waals surface area contributed by atoms with E-state index in [1.165, 1.54) is 42.7 Å². The van der Waals surface area contributed by atoms with Crippen molar-refractivity contribution in [1.82, 2.24) is 15.6 Å². The maximum Gasteiger partial charge on any atom is 0.387 e. The van der Waals surface area contributed by atoms with E-state index in [2.05, 4.69) is 25.7 Å². The molecule has 3 N–H and O–H groups in total. The van der Waals surface area contributed by atoms with Gasteiger partial charge in [-0.05, 0) is 18.2 Å². The second kappa shape index (κ2) is 11.6. The van der Waals surface area contributed by atoms with E-state index in [0.29, 0.717) is 5.69 Å². The number of sulfone groups is 1. The molecule has 1 atom stereocenters. The SMILES string of the molecule is N#CCNC(=O)[C@H](CS(=O)(=O)Cc1ccccc1OC(F)F)NC(=O)Nc1cccnc1. The van der Waals surface area contributed by atoms with Crippen molar-refractivity contribution in [2.24, 2.45) is 0 Å². The molecule has 0 bridgehead atoms. The summed E-state index contributed by atoms with van der Waals surface area (Å²) in [7, 11) is -4.10. The highest BCUT2D eigenvalue weighted by molar-refractivity contribution is 7.90. The number of nitrogens with one attached hydrogen (secondary N) is 3. The Morgan fingerprint density at radius 3 is 2.59 bits per heavy atom. The fraction of sp³-hybridized carbons (Fsp3) is 0.263. The van der Waals surface area contributed by atoms with Gasteiger partial charge in [-0.15, -0.1) is 0 Å². The molecule has 0 aliphatic heterocycles. The van der Waals surface area contributed by atoms with Crippen LogP contribution in [0.25, 0.3) is 0 Å². The van der Waals surface area contributed by atoms with Crippen LogP contribution in [-0.4, -0.2) is 50.3 Å². The van der Waals surface area contributed by atoms with Crippen molar-refractivity contribution in [2.45, 2.75) is 18.4 Å².